The highest BCUT2D eigenvalue weighted by Crippen LogP contribution is 2.34. The van der Waals surface area contributed by atoms with Crippen LogP contribution in [-0.2, 0) is 9.53 Å². The molecule has 0 saturated carbocycles. The Labute approximate surface area is 206 Å². The highest BCUT2D eigenvalue weighted by atomic mass is 16.6. The smallest absolute Gasteiger partial charge is 0.255 e. The van der Waals surface area contributed by atoms with Gasteiger partial charge in [0.1, 0.15) is 13.2 Å². The van der Waals surface area contributed by atoms with Crippen LogP contribution in [0.4, 0.5) is 0 Å². The number of aromatic nitrogens is 1. The van der Waals surface area contributed by atoms with Crippen molar-refractivity contribution in [2.24, 2.45) is 5.92 Å². The first-order valence-electron chi connectivity index (χ1n) is 12.6. The van der Waals surface area contributed by atoms with Crippen molar-refractivity contribution in [1.29, 1.82) is 0 Å². The summed E-state index contributed by atoms with van der Waals surface area (Å²) in [5.41, 5.74) is 3.54. The fourth-order valence-corrected chi connectivity index (χ4v) is 5.66. The first-order chi connectivity index (χ1) is 16.8. The van der Waals surface area contributed by atoms with Gasteiger partial charge in [-0.15, -0.1) is 0 Å². The van der Waals surface area contributed by atoms with Crippen LogP contribution in [-0.4, -0.2) is 77.8 Å². The molecular formula is C27H35N3O5. The summed E-state index contributed by atoms with van der Waals surface area (Å²) in [4.78, 5) is 30.4. The number of fused-ring (bicyclic) bond motifs is 1. The molecule has 2 fully saturated rings. The van der Waals surface area contributed by atoms with Crippen LogP contribution in [0.5, 0.6) is 11.5 Å². The van der Waals surface area contributed by atoms with Crippen LogP contribution in [0, 0.1) is 19.8 Å². The second kappa shape index (κ2) is 9.57. The lowest BCUT2D eigenvalue weighted by molar-refractivity contribution is -0.148. The predicted octanol–water partition coefficient (Wildman–Crippen LogP) is 3.35. The van der Waals surface area contributed by atoms with Crippen LogP contribution in [0.25, 0.3) is 5.69 Å². The molecule has 188 valence electrons. The predicted molar refractivity (Wildman–Crippen MR) is 131 cm³/mol. The SMILES string of the molecule is Cc1cc(C(=O)N2CCC(C(=O)N3CC(C)OC(C)C3)CC2)c(C)n1-c1ccc2c(c1)OCCO2. The molecule has 4 heterocycles. The standard InChI is InChI=1S/C27H35N3O5/c1-17-13-23(20(4)30(17)22-5-6-24-25(14-22)34-12-11-33-24)27(32)28-9-7-21(8-10-28)26(31)29-15-18(2)35-19(3)16-29/h5-6,13-14,18-19,21H,7-12,15-16H2,1-4H3. The van der Waals surface area contributed by atoms with Gasteiger partial charge in [0.2, 0.25) is 5.91 Å². The first-order valence-corrected chi connectivity index (χ1v) is 12.6. The summed E-state index contributed by atoms with van der Waals surface area (Å²) in [7, 11) is 0. The van der Waals surface area contributed by atoms with Gasteiger partial charge < -0.3 is 28.6 Å². The third-order valence-electron chi connectivity index (χ3n) is 7.31. The maximum atomic E-state index is 13.5. The lowest BCUT2D eigenvalue weighted by Gasteiger charge is -2.39. The number of nitrogens with zero attached hydrogens (tertiary/aromatic N) is 3. The summed E-state index contributed by atoms with van der Waals surface area (Å²) in [6, 6.07) is 7.84. The van der Waals surface area contributed by atoms with E-state index in [1.54, 1.807) is 0 Å². The molecule has 2 atom stereocenters. The van der Waals surface area contributed by atoms with Crippen molar-refractivity contribution in [2.45, 2.75) is 52.7 Å². The monoisotopic (exact) mass is 481 g/mol. The number of morpholine rings is 1. The van der Waals surface area contributed by atoms with E-state index in [0.29, 0.717) is 57.8 Å². The van der Waals surface area contributed by atoms with Crippen molar-refractivity contribution in [3.05, 3.63) is 41.2 Å². The molecule has 8 heteroatoms. The van der Waals surface area contributed by atoms with Crippen LogP contribution >= 0.6 is 0 Å². The van der Waals surface area contributed by atoms with E-state index in [4.69, 9.17) is 14.2 Å². The zero-order chi connectivity index (χ0) is 24.7. The van der Waals surface area contributed by atoms with E-state index in [2.05, 4.69) is 4.57 Å². The Balaban J connectivity index is 1.27. The van der Waals surface area contributed by atoms with Gasteiger partial charge in [0.25, 0.3) is 5.91 Å². The van der Waals surface area contributed by atoms with Gasteiger partial charge in [-0.1, -0.05) is 0 Å². The molecule has 3 aliphatic rings. The quantitative estimate of drug-likeness (QED) is 0.672. The van der Waals surface area contributed by atoms with Crippen molar-refractivity contribution in [2.75, 3.05) is 39.4 Å². The fourth-order valence-electron chi connectivity index (χ4n) is 5.66. The van der Waals surface area contributed by atoms with E-state index in [1.807, 2.05) is 61.8 Å². The Bertz CT molecular complexity index is 1110. The summed E-state index contributed by atoms with van der Waals surface area (Å²) in [6.07, 6.45) is 1.53. The van der Waals surface area contributed by atoms with Gasteiger partial charge in [-0.2, -0.15) is 0 Å². The van der Waals surface area contributed by atoms with Crippen LogP contribution in [0.1, 0.15) is 48.4 Å². The third-order valence-corrected chi connectivity index (χ3v) is 7.31. The number of aryl methyl sites for hydroxylation is 1. The van der Waals surface area contributed by atoms with E-state index in [0.717, 1.165) is 28.6 Å². The van der Waals surface area contributed by atoms with E-state index >= 15 is 0 Å². The molecule has 1 aromatic heterocycles. The second-order valence-corrected chi connectivity index (χ2v) is 10.0. The van der Waals surface area contributed by atoms with Gasteiger partial charge in [0.15, 0.2) is 11.5 Å². The molecule has 3 aliphatic heterocycles. The third kappa shape index (κ3) is 4.63. The minimum Gasteiger partial charge on any atom is -0.486 e. The van der Waals surface area contributed by atoms with E-state index in [1.165, 1.54) is 0 Å². The second-order valence-electron chi connectivity index (χ2n) is 10.0. The normalized spacial score (nSPS) is 22.9. The largest absolute Gasteiger partial charge is 0.486 e. The Morgan fingerprint density at radius 3 is 2.23 bits per heavy atom. The lowest BCUT2D eigenvalue weighted by Crippen LogP contribution is -2.51. The van der Waals surface area contributed by atoms with Crippen LogP contribution < -0.4 is 9.47 Å². The number of carbonyl (C=O) groups excluding carboxylic acids is 2. The molecule has 0 spiro atoms. The number of amides is 2. The maximum absolute atomic E-state index is 13.5. The highest BCUT2D eigenvalue weighted by Gasteiger charge is 2.34. The number of likely N-dealkylation sites (tertiary alicyclic amines) is 1. The molecule has 2 saturated heterocycles. The van der Waals surface area contributed by atoms with Crippen molar-refractivity contribution in [3.63, 3.8) is 0 Å². The summed E-state index contributed by atoms with van der Waals surface area (Å²) in [5.74, 6) is 1.68. The molecule has 5 rings (SSSR count). The minimum absolute atomic E-state index is 0.0262. The maximum Gasteiger partial charge on any atom is 0.255 e. The van der Waals surface area contributed by atoms with Crippen LogP contribution in [0.3, 0.4) is 0 Å². The fraction of sp³-hybridized carbons (Fsp3) is 0.556. The molecule has 8 nitrogen and oxygen atoms in total. The Hall–Kier alpha value is -3.00. The molecule has 0 radical (unpaired) electrons. The van der Waals surface area contributed by atoms with Crippen molar-refractivity contribution in [1.82, 2.24) is 14.4 Å². The summed E-state index contributed by atoms with van der Waals surface area (Å²) >= 11 is 0. The van der Waals surface area contributed by atoms with Crippen molar-refractivity contribution < 1.29 is 23.8 Å². The average Bonchev–Trinajstić information content (AvgIpc) is 3.16. The zero-order valence-electron chi connectivity index (χ0n) is 21.1. The minimum atomic E-state index is -0.0262. The van der Waals surface area contributed by atoms with Crippen LogP contribution in [0.15, 0.2) is 24.3 Å². The Morgan fingerprint density at radius 2 is 1.54 bits per heavy atom. The number of benzene rings is 1. The van der Waals surface area contributed by atoms with Gasteiger partial charge in [-0.3, -0.25) is 9.59 Å². The van der Waals surface area contributed by atoms with E-state index < -0.39 is 0 Å². The summed E-state index contributed by atoms with van der Waals surface area (Å²) < 4.78 is 19.2. The number of piperidine rings is 1. The highest BCUT2D eigenvalue weighted by molar-refractivity contribution is 5.96. The molecular weight excluding hydrogens is 446 g/mol. The average molecular weight is 482 g/mol. The number of ether oxygens (including phenoxy) is 3. The Kier molecular flexibility index (Phi) is 6.49. The van der Waals surface area contributed by atoms with Gasteiger partial charge in [-0.05, 0) is 58.7 Å². The molecule has 2 aromatic rings. The number of hydrogen-bond acceptors (Lipinski definition) is 5. The van der Waals surface area contributed by atoms with Gasteiger partial charge in [-0.25, -0.2) is 0 Å². The van der Waals surface area contributed by atoms with E-state index in [-0.39, 0.29) is 29.9 Å². The van der Waals surface area contributed by atoms with Gasteiger partial charge in [0.05, 0.1) is 17.8 Å². The number of hydrogen-bond donors (Lipinski definition) is 0. The Morgan fingerprint density at radius 1 is 0.886 bits per heavy atom. The summed E-state index contributed by atoms with van der Waals surface area (Å²) in [5, 5.41) is 0. The topological polar surface area (TPSA) is 73.2 Å². The molecule has 0 aliphatic carbocycles. The number of rotatable bonds is 3. The first kappa shape index (κ1) is 23.7. The number of carbonyl (C=O) groups is 2. The molecule has 2 unspecified atom stereocenters. The molecule has 1 aromatic carbocycles. The van der Waals surface area contributed by atoms with Crippen LogP contribution in [0.2, 0.25) is 0 Å². The zero-order valence-corrected chi connectivity index (χ0v) is 21.1. The summed E-state index contributed by atoms with van der Waals surface area (Å²) in [6.45, 7) is 11.6. The molecule has 0 N–H and O–H groups in total. The van der Waals surface area contributed by atoms with Crippen molar-refractivity contribution in [3.8, 4) is 17.2 Å². The molecule has 0 bridgehead atoms. The van der Waals surface area contributed by atoms with E-state index in [9.17, 15) is 9.59 Å². The molecule has 2 amide bonds. The van der Waals surface area contributed by atoms with Gasteiger partial charge >= 0.3 is 0 Å². The lowest BCUT2D eigenvalue weighted by atomic mass is 9.94. The molecule has 35 heavy (non-hydrogen) atoms. The van der Waals surface area contributed by atoms with Gasteiger partial charge in [0, 0.05) is 55.2 Å². The van der Waals surface area contributed by atoms with Crippen molar-refractivity contribution >= 4 is 11.8 Å².